The van der Waals surface area contributed by atoms with Gasteiger partial charge in [-0.05, 0) is 75.1 Å². The quantitative estimate of drug-likeness (QED) is 0.426. The molecule has 0 aliphatic rings. The van der Waals surface area contributed by atoms with E-state index in [-0.39, 0.29) is 5.91 Å². The van der Waals surface area contributed by atoms with E-state index in [0.717, 1.165) is 42.0 Å². The smallest absolute Gasteiger partial charge is 0.256 e. The van der Waals surface area contributed by atoms with Gasteiger partial charge in [0.2, 0.25) is 0 Å². The Balaban J connectivity index is 3.09. The molecule has 1 rings (SSSR count). The zero-order chi connectivity index (χ0) is 21.3. The highest BCUT2D eigenvalue weighted by atomic mass is 16.5. The summed E-state index contributed by atoms with van der Waals surface area (Å²) in [5, 5.41) is 3.14. The van der Waals surface area contributed by atoms with Crippen LogP contribution in [0.1, 0.15) is 78.4 Å². The largest absolute Gasteiger partial charge is 0.493 e. The molecule has 0 bridgehead atoms. The van der Waals surface area contributed by atoms with Crippen molar-refractivity contribution in [2.45, 2.75) is 86.7 Å². The van der Waals surface area contributed by atoms with Crippen molar-refractivity contribution in [2.75, 3.05) is 18.5 Å². The standard InChI is InChI=1S/C24H41NO3/c1-9-11-12-27-22-19(7)13-21(14-20(22)8)25-23(26)24(28-10-2,15-17(3)4)16-18(5)6/h13-14,17-18H,9-12,15-16H2,1-8H3,(H,25,26). The summed E-state index contributed by atoms with van der Waals surface area (Å²) in [5.41, 5.74) is 2.09. The molecule has 0 radical (unpaired) electrons. The molecule has 4 heteroatoms. The van der Waals surface area contributed by atoms with E-state index >= 15 is 0 Å². The summed E-state index contributed by atoms with van der Waals surface area (Å²) in [5.74, 6) is 1.62. The van der Waals surface area contributed by atoms with Gasteiger partial charge in [-0.1, -0.05) is 41.0 Å². The lowest BCUT2D eigenvalue weighted by molar-refractivity contribution is -0.146. The number of amides is 1. The molecule has 0 fully saturated rings. The van der Waals surface area contributed by atoms with E-state index < -0.39 is 5.60 Å². The van der Waals surface area contributed by atoms with Gasteiger partial charge in [0.05, 0.1) is 6.61 Å². The van der Waals surface area contributed by atoms with E-state index in [1.165, 1.54) is 0 Å². The van der Waals surface area contributed by atoms with Crippen molar-refractivity contribution in [3.05, 3.63) is 23.3 Å². The van der Waals surface area contributed by atoms with Gasteiger partial charge in [-0.2, -0.15) is 0 Å². The number of carbonyl (C=O) groups excluding carboxylic acids is 1. The highest BCUT2D eigenvalue weighted by molar-refractivity contribution is 5.97. The maximum atomic E-state index is 13.3. The lowest BCUT2D eigenvalue weighted by Gasteiger charge is -2.35. The summed E-state index contributed by atoms with van der Waals surface area (Å²) in [7, 11) is 0. The zero-order valence-electron chi connectivity index (χ0n) is 19.3. The van der Waals surface area contributed by atoms with Crippen LogP contribution in [0.3, 0.4) is 0 Å². The predicted octanol–water partition coefficient (Wildman–Crippen LogP) is 6.29. The molecule has 0 saturated heterocycles. The molecule has 28 heavy (non-hydrogen) atoms. The Morgan fingerprint density at radius 2 is 1.57 bits per heavy atom. The minimum atomic E-state index is -0.796. The fraction of sp³-hybridized carbons (Fsp3) is 0.708. The molecule has 0 aliphatic carbocycles. The van der Waals surface area contributed by atoms with Crippen LogP contribution < -0.4 is 10.1 Å². The van der Waals surface area contributed by atoms with Gasteiger partial charge in [0.15, 0.2) is 0 Å². The molecular formula is C24H41NO3. The Morgan fingerprint density at radius 1 is 1.04 bits per heavy atom. The van der Waals surface area contributed by atoms with Crippen LogP contribution in [0.5, 0.6) is 5.75 Å². The van der Waals surface area contributed by atoms with Crippen molar-refractivity contribution < 1.29 is 14.3 Å². The lowest BCUT2D eigenvalue weighted by atomic mass is 9.83. The Hall–Kier alpha value is -1.55. The van der Waals surface area contributed by atoms with Gasteiger partial charge in [0, 0.05) is 12.3 Å². The maximum absolute atomic E-state index is 13.3. The molecule has 0 saturated carbocycles. The van der Waals surface area contributed by atoms with Crippen molar-refractivity contribution in [2.24, 2.45) is 11.8 Å². The van der Waals surface area contributed by atoms with E-state index in [1.807, 2.05) is 32.9 Å². The maximum Gasteiger partial charge on any atom is 0.256 e. The van der Waals surface area contributed by atoms with Gasteiger partial charge < -0.3 is 14.8 Å². The number of nitrogens with one attached hydrogen (secondary N) is 1. The van der Waals surface area contributed by atoms with Gasteiger partial charge >= 0.3 is 0 Å². The zero-order valence-corrected chi connectivity index (χ0v) is 19.3. The normalized spacial score (nSPS) is 11.9. The molecule has 4 nitrogen and oxygen atoms in total. The van der Waals surface area contributed by atoms with Gasteiger partial charge in [0.1, 0.15) is 11.4 Å². The lowest BCUT2D eigenvalue weighted by Crippen LogP contribution is -2.47. The number of hydrogen-bond donors (Lipinski definition) is 1. The molecule has 0 aromatic heterocycles. The van der Waals surface area contributed by atoms with E-state index in [2.05, 4.69) is 39.9 Å². The number of benzene rings is 1. The number of anilines is 1. The van der Waals surface area contributed by atoms with Crippen molar-refractivity contribution in [1.29, 1.82) is 0 Å². The first-order valence-electron chi connectivity index (χ1n) is 10.8. The van der Waals surface area contributed by atoms with Crippen LogP contribution in [0.15, 0.2) is 12.1 Å². The SMILES string of the molecule is CCCCOc1c(C)cc(NC(=O)C(CC(C)C)(CC(C)C)OCC)cc1C. The molecule has 160 valence electrons. The third-order valence-corrected chi connectivity index (χ3v) is 4.77. The van der Waals surface area contributed by atoms with Crippen LogP contribution in [0.25, 0.3) is 0 Å². The number of rotatable bonds is 12. The number of hydrogen-bond acceptors (Lipinski definition) is 3. The van der Waals surface area contributed by atoms with Gasteiger partial charge in [-0.15, -0.1) is 0 Å². The average molecular weight is 392 g/mol. The Bertz CT molecular complexity index is 589. The number of unbranched alkanes of at least 4 members (excludes halogenated alkanes) is 1. The summed E-state index contributed by atoms with van der Waals surface area (Å²) in [6.07, 6.45) is 3.57. The minimum Gasteiger partial charge on any atom is -0.493 e. The minimum absolute atomic E-state index is 0.0461. The first-order valence-corrected chi connectivity index (χ1v) is 10.8. The third-order valence-electron chi connectivity index (χ3n) is 4.77. The van der Waals surface area contributed by atoms with Crippen LogP contribution in [-0.4, -0.2) is 24.7 Å². The van der Waals surface area contributed by atoms with Crippen LogP contribution in [0.4, 0.5) is 5.69 Å². The second-order valence-corrected chi connectivity index (χ2v) is 8.72. The predicted molar refractivity (Wildman–Crippen MR) is 118 cm³/mol. The summed E-state index contributed by atoms with van der Waals surface area (Å²) in [4.78, 5) is 13.3. The molecule has 0 spiro atoms. The monoisotopic (exact) mass is 391 g/mol. The molecule has 0 aliphatic heterocycles. The van der Waals surface area contributed by atoms with E-state index in [1.54, 1.807) is 0 Å². The number of aryl methyl sites for hydroxylation is 2. The molecule has 0 heterocycles. The first-order chi connectivity index (χ1) is 13.1. The third kappa shape index (κ3) is 7.12. The molecular weight excluding hydrogens is 350 g/mol. The van der Waals surface area contributed by atoms with Crippen molar-refractivity contribution in [1.82, 2.24) is 0 Å². The molecule has 0 atom stereocenters. The average Bonchev–Trinajstić information content (AvgIpc) is 2.56. The highest BCUT2D eigenvalue weighted by Gasteiger charge is 2.40. The van der Waals surface area contributed by atoms with Crippen LogP contribution in [-0.2, 0) is 9.53 Å². The Labute approximate surface area is 172 Å². The van der Waals surface area contributed by atoms with Crippen LogP contribution in [0.2, 0.25) is 0 Å². The van der Waals surface area contributed by atoms with Crippen molar-refractivity contribution in [3.63, 3.8) is 0 Å². The van der Waals surface area contributed by atoms with Crippen LogP contribution in [0, 0.1) is 25.7 Å². The summed E-state index contributed by atoms with van der Waals surface area (Å²) in [6, 6.07) is 3.99. The summed E-state index contributed by atoms with van der Waals surface area (Å²) >= 11 is 0. The first kappa shape index (κ1) is 24.5. The van der Waals surface area contributed by atoms with E-state index in [9.17, 15) is 4.79 Å². The van der Waals surface area contributed by atoms with Crippen molar-refractivity contribution in [3.8, 4) is 5.75 Å². The highest BCUT2D eigenvalue weighted by Crippen LogP contribution is 2.32. The molecule has 1 aromatic rings. The number of carbonyl (C=O) groups is 1. The second-order valence-electron chi connectivity index (χ2n) is 8.72. The van der Waals surface area contributed by atoms with E-state index in [4.69, 9.17) is 9.47 Å². The van der Waals surface area contributed by atoms with Gasteiger partial charge in [0.25, 0.3) is 5.91 Å². The topological polar surface area (TPSA) is 47.6 Å². The summed E-state index contributed by atoms with van der Waals surface area (Å²) in [6.45, 7) is 18.0. The Morgan fingerprint density at radius 3 is 2.00 bits per heavy atom. The molecule has 1 N–H and O–H groups in total. The van der Waals surface area contributed by atoms with Gasteiger partial charge in [-0.25, -0.2) is 0 Å². The van der Waals surface area contributed by atoms with E-state index in [0.29, 0.717) is 31.3 Å². The fourth-order valence-electron chi connectivity index (χ4n) is 3.86. The molecule has 1 aromatic carbocycles. The fourth-order valence-corrected chi connectivity index (χ4v) is 3.86. The molecule has 0 unspecified atom stereocenters. The summed E-state index contributed by atoms with van der Waals surface area (Å²) < 4.78 is 12.0. The van der Waals surface area contributed by atoms with Crippen LogP contribution >= 0.6 is 0 Å². The van der Waals surface area contributed by atoms with Crippen molar-refractivity contribution >= 4 is 11.6 Å². The molecule has 1 amide bonds. The number of ether oxygens (including phenoxy) is 2. The van der Waals surface area contributed by atoms with Gasteiger partial charge in [-0.3, -0.25) is 4.79 Å². The second kappa shape index (κ2) is 11.5. The Kier molecular flexibility index (Phi) is 10.0.